The van der Waals surface area contributed by atoms with Gasteiger partial charge in [-0.1, -0.05) is 63.7 Å². The molecule has 0 bridgehead atoms. The van der Waals surface area contributed by atoms with E-state index in [9.17, 15) is 0 Å². The summed E-state index contributed by atoms with van der Waals surface area (Å²) < 4.78 is 0. The molecule has 0 amide bonds. The fourth-order valence-electron chi connectivity index (χ4n) is 1.16. The molecule has 1 aromatic heterocycles. The molecule has 1 rings (SSSR count). The number of hydrogen-bond acceptors (Lipinski definition) is 3. The van der Waals surface area contributed by atoms with Gasteiger partial charge < -0.3 is 0 Å². The molecule has 0 aliphatic carbocycles. The van der Waals surface area contributed by atoms with Crippen LogP contribution < -0.4 is 0 Å². The van der Waals surface area contributed by atoms with E-state index < -0.39 is 0 Å². The molecule has 0 aliphatic rings. The van der Waals surface area contributed by atoms with Crippen molar-refractivity contribution in [3.63, 3.8) is 0 Å². The molecule has 19 heavy (non-hydrogen) atoms. The van der Waals surface area contributed by atoms with Crippen LogP contribution in [0, 0.1) is 0 Å². The minimum atomic E-state index is 1.04. The summed E-state index contributed by atoms with van der Waals surface area (Å²) in [6, 6.07) is 4.17. The van der Waals surface area contributed by atoms with Crippen LogP contribution in [0.15, 0.2) is 48.3 Å². The van der Waals surface area contributed by atoms with E-state index in [-0.39, 0.29) is 0 Å². The Kier molecular flexibility index (Phi) is 8.98. The molecule has 104 valence electrons. The lowest BCUT2D eigenvalue weighted by atomic mass is 10.4. The molecule has 1 heterocycles. The molecule has 0 radical (unpaired) electrons. The maximum Gasteiger partial charge on any atom is 0.0410 e. The van der Waals surface area contributed by atoms with E-state index in [0.29, 0.717) is 0 Å². The highest BCUT2D eigenvalue weighted by molar-refractivity contribution is 8.12. The summed E-state index contributed by atoms with van der Waals surface area (Å²) in [4.78, 5) is 6.55. The average Bonchev–Trinajstić information content (AvgIpc) is 2.79. The van der Waals surface area contributed by atoms with Crippen LogP contribution in [0.25, 0.3) is 9.81 Å². The van der Waals surface area contributed by atoms with Gasteiger partial charge >= 0.3 is 0 Å². The van der Waals surface area contributed by atoms with E-state index in [1.807, 2.05) is 27.7 Å². The van der Waals surface area contributed by atoms with Crippen molar-refractivity contribution in [3.8, 4) is 0 Å². The van der Waals surface area contributed by atoms with Crippen molar-refractivity contribution >= 4 is 44.7 Å². The Morgan fingerprint density at radius 3 is 1.42 bits per heavy atom. The van der Waals surface area contributed by atoms with Gasteiger partial charge in [0.2, 0.25) is 0 Å². The second kappa shape index (κ2) is 9.29. The monoisotopic (exact) mass is 310 g/mol. The van der Waals surface area contributed by atoms with Gasteiger partial charge in [0, 0.05) is 19.6 Å². The topological polar surface area (TPSA) is 0 Å². The quantitative estimate of drug-likeness (QED) is 0.542. The minimum absolute atomic E-state index is 1.04. The van der Waals surface area contributed by atoms with Crippen molar-refractivity contribution < 1.29 is 0 Å². The third-order valence-electron chi connectivity index (χ3n) is 1.75. The van der Waals surface area contributed by atoms with Crippen molar-refractivity contribution in [3.05, 3.63) is 58.0 Å². The molecular formula is C16H22S3. The number of allylic oxidation sites excluding steroid dienone is 2. The normalized spacial score (nSPS) is 9.26. The highest BCUT2D eigenvalue weighted by atomic mass is 32.2. The summed E-state index contributed by atoms with van der Waals surface area (Å²) in [5.41, 5.74) is 0. The summed E-state index contributed by atoms with van der Waals surface area (Å²) in [5, 5.41) is 0. The van der Waals surface area contributed by atoms with Gasteiger partial charge in [-0.05, 0) is 35.8 Å². The highest BCUT2D eigenvalue weighted by Crippen LogP contribution is 2.39. The maximum absolute atomic E-state index is 4.06. The van der Waals surface area contributed by atoms with Gasteiger partial charge in [-0.3, -0.25) is 0 Å². The first kappa shape index (κ1) is 18.4. The molecule has 0 saturated heterocycles. The van der Waals surface area contributed by atoms with Crippen LogP contribution in [-0.4, -0.2) is 0 Å². The lowest BCUT2D eigenvalue weighted by molar-refractivity contribution is 1.50. The first-order valence-electron chi connectivity index (χ1n) is 6.05. The maximum atomic E-state index is 4.06. The number of rotatable bonds is 6. The number of hydrogen-bond donors (Lipinski definition) is 0. The predicted octanol–water partition coefficient (Wildman–Crippen LogP) is 7.25. The molecule has 0 saturated carbocycles. The van der Waals surface area contributed by atoms with Crippen LogP contribution in [0.1, 0.15) is 37.4 Å². The Bertz CT molecular complexity index is 435. The molecule has 0 atom stereocenters. The molecule has 0 unspecified atom stereocenters. The molecule has 0 spiro atoms. The zero-order valence-corrected chi connectivity index (χ0v) is 14.7. The second-order valence-electron chi connectivity index (χ2n) is 3.62. The van der Waals surface area contributed by atoms with Crippen molar-refractivity contribution in [2.75, 3.05) is 0 Å². The van der Waals surface area contributed by atoms with Gasteiger partial charge in [0.05, 0.1) is 0 Å². The van der Waals surface area contributed by atoms with Crippen molar-refractivity contribution in [1.29, 1.82) is 0 Å². The standard InChI is InChI=1S/C14H16S3.C2H6/c1-9(2)15-11(5)13-7-8-14(17-13)12(6)16-10(3)4;1-2/h7-8H,1,3,5-6H2,2,4H3;1-2H3. The number of thiophene rings is 1. The molecular weight excluding hydrogens is 288 g/mol. The van der Waals surface area contributed by atoms with E-state index in [4.69, 9.17) is 0 Å². The summed E-state index contributed by atoms with van der Waals surface area (Å²) in [6.45, 7) is 23.8. The molecule has 1 aromatic rings. The Hall–Kier alpha value is -0.640. The first-order chi connectivity index (χ1) is 8.90. The Labute approximate surface area is 130 Å². The van der Waals surface area contributed by atoms with Crippen LogP contribution in [0.2, 0.25) is 0 Å². The SMILES string of the molecule is C=C(C)SC(=C)c1ccc(C(=C)SC(=C)C)s1.CC. The van der Waals surface area contributed by atoms with Crippen molar-refractivity contribution in [1.82, 2.24) is 0 Å². The second-order valence-corrected chi connectivity index (χ2v) is 7.49. The number of thioether (sulfide) groups is 2. The molecule has 0 N–H and O–H groups in total. The molecule has 0 nitrogen and oxygen atoms in total. The van der Waals surface area contributed by atoms with Gasteiger partial charge in [-0.2, -0.15) is 0 Å². The fourth-order valence-corrected chi connectivity index (χ4v) is 3.57. The highest BCUT2D eigenvalue weighted by Gasteiger charge is 2.07. The van der Waals surface area contributed by atoms with Crippen LogP contribution in [0.3, 0.4) is 0 Å². The summed E-state index contributed by atoms with van der Waals surface area (Å²) in [7, 11) is 0. The lowest BCUT2D eigenvalue weighted by Gasteiger charge is -2.02. The van der Waals surface area contributed by atoms with Crippen LogP contribution in [0.4, 0.5) is 0 Å². The van der Waals surface area contributed by atoms with Crippen LogP contribution >= 0.6 is 34.9 Å². The summed E-state index contributed by atoms with van der Waals surface area (Å²) in [6.07, 6.45) is 0. The lowest BCUT2D eigenvalue weighted by Crippen LogP contribution is -1.70. The third kappa shape index (κ3) is 6.90. The summed E-state index contributed by atoms with van der Waals surface area (Å²) in [5.74, 6) is 0. The summed E-state index contributed by atoms with van der Waals surface area (Å²) >= 11 is 4.94. The fraction of sp³-hybridized carbons (Fsp3) is 0.250. The van der Waals surface area contributed by atoms with E-state index in [2.05, 4.69) is 38.4 Å². The van der Waals surface area contributed by atoms with Gasteiger partial charge in [0.15, 0.2) is 0 Å². The van der Waals surface area contributed by atoms with Gasteiger partial charge in [0.1, 0.15) is 0 Å². The van der Waals surface area contributed by atoms with Crippen molar-refractivity contribution in [2.45, 2.75) is 27.7 Å². The van der Waals surface area contributed by atoms with Crippen LogP contribution in [-0.2, 0) is 0 Å². The van der Waals surface area contributed by atoms with Crippen molar-refractivity contribution in [2.24, 2.45) is 0 Å². The minimum Gasteiger partial charge on any atom is -0.134 e. The Morgan fingerprint density at radius 2 is 1.16 bits per heavy atom. The third-order valence-corrected chi connectivity index (χ3v) is 4.84. The Morgan fingerprint density at radius 1 is 0.842 bits per heavy atom. The van der Waals surface area contributed by atoms with E-state index in [1.165, 1.54) is 9.75 Å². The van der Waals surface area contributed by atoms with Crippen LogP contribution in [0.5, 0.6) is 0 Å². The zero-order chi connectivity index (χ0) is 15.0. The molecule has 3 heteroatoms. The average molecular weight is 311 g/mol. The first-order valence-corrected chi connectivity index (χ1v) is 8.50. The smallest absolute Gasteiger partial charge is 0.0410 e. The van der Waals surface area contributed by atoms with E-state index in [0.717, 1.165) is 19.6 Å². The van der Waals surface area contributed by atoms with Gasteiger partial charge in [0.25, 0.3) is 0 Å². The molecule has 0 fully saturated rings. The predicted molar refractivity (Wildman–Crippen MR) is 98.5 cm³/mol. The largest absolute Gasteiger partial charge is 0.134 e. The van der Waals surface area contributed by atoms with E-state index in [1.54, 1.807) is 34.9 Å². The van der Waals surface area contributed by atoms with Gasteiger partial charge in [-0.15, -0.1) is 11.3 Å². The Balaban J connectivity index is 0.00000154. The molecule has 0 aromatic carbocycles. The van der Waals surface area contributed by atoms with E-state index >= 15 is 0 Å². The zero-order valence-electron chi connectivity index (χ0n) is 12.2. The van der Waals surface area contributed by atoms with Gasteiger partial charge in [-0.25, -0.2) is 0 Å². The molecule has 0 aliphatic heterocycles.